The first-order valence-corrected chi connectivity index (χ1v) is 9.45. The van der Waals surface area contributed by atoms with Crippen LogP contribution in [0.2, 0.25) is 5.02 Å². The first-order valence-electron chi connectivity index (χ1n) is 8.34. The Kier molecular flexibility index (Phi) is 6.75. The van der Waals surface area contributed by atoms with Crippen LogP contribution in [0.5, 0.6) is 5.88 Å². The second-order valence-corrected chi connectivity index (χ2v) is 6.74. The molecule has 140 valence electrons. The molecule has 3 aromatic rings. The number of aliphatic hydroxyl groups is 1. The van der Waals surface area contributed by atoms with Crippen molar-refractivity contribution in [2.45, 2.75) is 12.5 Å². The number of carbonyl (C=O) groups excluding carboxylic acids is 1. The van der Waals surface area contributed by atoms with E-state index in [9.17, 15) is 9.90 Å². The highest BCUT2D eigenvalue weighted by Crippen LogP contribution is 2.28. The van der Waals surface area contributed by atoms with Gasteiger partial charge in [-0.25, -0.2) is 0 Å². The van der Waals surface area contributed by atoms with Crippen LogP contribution in [0.15, 0.2) is 54.6 Å². The monoisotopic (exact) mass is 403 g/mol. The summed E-state index contributed by atoms with van der Waals surface area (Å²) in [5.41, 5.74) is 2.21. The third-order valence-electron chi connectivity index (χ3n) is 3.84. The van der Waals surface area contributed by atoms with Gasteiger partial charge in [-0.05, 0) is 24.1 Å². The van der Waals surface area contributed by atoms with Crippen molar-refractivity contribution >= 4 is 29.2 Å². The summed E-state index contributed by atoms with van der Waals surface area (Å²) >= 11 is 6.90. The first kappa shape index (κ1) is 19.3. The van der Waals surface area contributed by atoms with Crippen LogP contribution in [0.4, 0.5) is 0 Å². The largest absolute Gasteiger partial charge is 0.465 e. The number of rotatable bonds is 8. The Bertz CT molecular complexity index is 871. The van der Waals surface area contributed by atoms with Gasteiger partial charge in [0.05, 0.1) is 17.8 Å². The number of aliphatic hydroxyl groups excluding tert-OH is 1. The van der Waals surface area contributed by atoms with E-state index in [-0.39, 0.29) is 12.5 Å². The molecule has 1 amide bonds. The third-order valence-corrected chi connectivity index (χ3v) is 4.60. The van der Waals surface area contributed by atoms with Gasteiger partial charge in [0.25, 0.3) is 11.8 Å². The predicted octanol–water partition coefficient (Wildman–Crippen LogP) is 3.48. The fourth-order valence-corrected chi connectivity index (χ4v) is 3.08. The lowest BCUT2D eigenvalue weighted by Crippen LogP contribution is -2.30. The van der Waals surface area contributed by atoms with Crippen molar-refractivity contribution < 1.29 is 14.6 Å². The molecule has 0 spiro atoms. The Balaban J connectivity index is 1.46. The van der Waals surface area contributed by atoms with Crippen LogP contribution in [0.25, 0.3) is 11.3 Å². The molecule has 6 nitrogen and oxygen atoms in total. The Morgan fingerprint density at radius 1 is 1.15 bits per heavy atom. The van der Waals surface area contributed by atoms with Crippen LogP contribution in [0.3, 0.4) is 0 Å². The molecule has 0 radical (unpaired) electrons. The minimum atomic E-state index is -0.619. The third kappa shape index (κ3) is 5.50. The topological polar surface area (TPSA) is 84.3 Å². The van der Waals surface area contributed by atoms with Gasteiger partial charge in [0.1, 0.15) is 5.69 Å². The van der Waals surface area contributed by atoms with Gasteiger partial charge in [0, 0.05) is 17.1 Å². The van der Waals surface area contributed by atoms with Crippen molar-refractivity contribution in [3.05, 3.63) is 65.2 Å². The number of hydrogen-bond acceptors (Lipinski definition) is 6. The van der Waals surface area contributed by atoms with E-state index in [4.69, 9.17) is 16.3 Å². The van der Waals surface area contributed by atoms with E-state index < -0.39 is 6.10 Å². The molecule has 0 fully saturated rings. The standard InChI is InChI=1S/C19H18ClN3O3S/c20-15-8-6-14(7-9-15)18-19(23-27-22-18)26-12-17(25)21-11-10-16(24)13-4-2-1-3-5-13/h1-9,16,24H,10-12H2,(H,21,25). The normalized spacial score (nSPS) is 11.8. The summed E-state index contributed by atoms with van der Waals surface area (Å²) in [5, 5.41) is 13.4. The van der Waals surface area contributed by atoms with Gasteiger partial charge < -0.3 is 15.2 Å². The lowest BCUT2D eigenvalue weighted by atomic mass is 10.1. The van der Waals surface area contributed by atoms with Gasteiger partial charge >= 0.3 is 0 Å². The number of amides is 1. The minimum absolute atomic E-state index is 0.173. The quantitative estimate of drug-likeness (QED) is 0.601. The van der Waals surface area contributed by atoms with Crippen molar-refractivity contribution in [1.29, 1.82) is 0 Å². The Hall–Kier alpha value is -2.48. The van der Waals surface area contributed by atoms with Gasteiger partial charge in [-0.15, -0.1) is 4.37 Å². The number of aromatic nitrogens is 2. The maximum absolute atomic E-state index is 12.0. The number of nitrogens with one attached hydrogen (secondary N) is 1. The van der Waals surface area contributed by atoms with Crippen LogP contribution in [0.1, 0.15) is 18.1 Å². The van der Waals surface area contributed by atoms with Gasteiger partial charge in [-0.1, -0.05) is 54.1 Å². The van der Waals surface area contributed by atoms with Crippen LogP contribution in [-0.4, -0.2) is 32.9 Å². The first-order chi connectivity index (χ1) is 13.1. The van der Waals surface area contributed by atoms with Crippen LogP contribution < -0.4 is 10.1 Å². The number of ether oxygens (including phenoxy) is 1. The van der Waals surface area contributed by atoms with Crippen LogP contribution >= 0.6 is 23.3 Å². The van der Waals surface area contributed by atoms with Crippen LogP contribution in [-0.2, 0) is 4.79 Å². The summed E-state index contributed by atoms with van der Waals surface area (Å²) in [6.45, 7) is 0.172. The smallest absolute Gasteiger partial charge is 0.258 e. The van der Waals surface area contributed by atoms with Crippen molar-refractivity contribution in [3.8, 4) is 17.1 Å². The molecule has 0 aliphatic rings. The molecule has 27 heavy (non-hydrogen) atoms. The van der Waals surface area contributed by atoms with E-state index in [0.29, 0.717) is 29.6 Å². The second-order valence-electron chi connectivity index (χ2n) is 5.78. The summed E-state index contributed by atoms with van der Waals surface area (Å²) in [5.74, 6) is 0.0205. The lowest BCUT2D eigenvalue weighted by Gasteiger charge is -2.11. The van der Waals surface area contributed by atoms with Crippen molar-refractivity contribution in [1.82, 2.24) is 14.1 Å². The van der Waals surface area contributed by atoms with E-state index >= 15 is 0 Å². The van der Waals surface area contributed by atoms with Gasteiger partial charge in [0.15, 0.2) is 6.61 Å². The molecule has 0 bridgehead atoms. The molecule has 0 aliphatic carbocycles. The fraction of sp³-hybridized carbons (Fsp3) is 0.211. The summed E-state index contributed by atoms with van der Waals surface area (Å²) in [4.78, 5) is 12.0. The fourth-order valence-electron chi connectivity index (χ4n) is 2.43. The molecule has 0 aliphatic heterocycles. The van der Waals surface area contributed by atoms with E-state index in [0.717, 1.165) is 22.9 Å². The molecular formula is C19H18ClN3O3S. The Labute approximate surface area is 166 Å². The zero-order valence-electron chi connectivity index (χ0n) is 14.3. The Morgan fingerprint density at radius 3 is 2.63 bits per heavy atom. The summed E-state index contributed by atoms with van der Waals surface area (Å²) in [6, 6.07) is 16.5. The number of benzene rings is 2. The number of halogens is 1. The number of hydrogen-bond donors (Lipinski definition) is 2. The maximum atomic E-state index is 12.0. The predicted molar refractivity (Wildman–Crippen MR) is 105 cm³/mol. The summed E-state index contributed by atoms with van der Waals surface area (Å²) in [7, 11) is 0. The molecule has 1 unspecified atom stereocenters. The summed E-state index contributed by atoms with van der Waals surface area (Å²) in [6.07, 6.45) is -0.198. The van der Waals surface area contributed by atoms with Crippen molar-refractivity contribution in [3.63, 3.8) is 0 Å². The van der Waals surface area contributed by atoms with E-state index in [2.05, 4.69) is 14.1 Å². The highest BCUT2D eigenvalue weighted by molar-refractivity contribution is 6.99. The van der Waals surface area contributed by atoms with Gasteiger partial charge in [-0.2, -0.15) is 4.37 Å². The maximum Gasteiger partial charge on any atom is 0.258 e. The molecule has 1 atom stereocenters. The van der Waals surface area contributed by atoms with Gasteiger partial charge in [-0.3, -0.25) is 4.79 Å². The summed E-state index contributed by atoms with van der Waals surface area (Å²) < 4.78 is 13.8. The molecule has 0 saturated heterocycles. The molecule has 2 aromatic carbocycles. The number of nitrogens with zero attached hydrogens (tertiary/aromatic N) is 2. The SMILES string of the molecule is O=C(COc1nsnc1-c1ccc(Cl)cc1)NCCC(O)c1ccccc1. The molecular weight excluding hydrogens is 386 g/mol. The van der Waals surface area contributed by atoms with E-state index in [1.807, 2.05) is 42.5 Å². The average Bonchev–Trinajstić information content (AvgIpc) is 3.16. The van der Waals surface area contributed by atoms with Crippen molar-refractivity contribution in [2.24, 2.45) is 0 Å². The molecule has 3 rings (SSSR count). The zero-order valence-corrected chi connectivity index (χ0v) is 15.9. The Morgan fingerprint density at radius 2 is 1.89 bits per heavy atom. The number of carbonyl (C=O) groups is 1. The highest BCUT2D eigenvalue weighted by atomic mass is 35.5. The van der Waals surface area contributed by atoms with Gasteiger partial charge in [0.2, 0.25) is 0 Å². The lowest BCUT2D eigenvalue weighted by molar-refractivity contribution is -0.123. The van der Waals surface area contributed by atoms with E-state index in [1.165, 1.54) is 0 Å². The minimum Gasteiger partial charge on any atom is -0.465 e. The van der Waals surface area contributed by atoms with Crippen molar-refractivity contribution in [2.75, 3.05) is 13.2 Å². The van der Waals surface area contributed by atoms with Crippen LogP contribution in [0, 0.1) is 0 Å². The molecule has 8 heteroatoms. The second kappa shape index (κ2) is 9.45. The zero-order chi connectivity index (χ0) is 19.1. The molecule has 1 heterocycles. The highest BCUT2D eigenvalue weighted by Gasteiger charge is 2.14. The van der Waals surface area contributed by atoms with E-state index in [1.54, 1.807) is 12.1 Å². The average molecular weight is 404 g/mol. The molecule has 2 N–H and O–H groups in total. The molecule has 0 saturated carbocycles. The molecule has 1 aromatic heterocycles.